The lowest BCUT2D eigenvalue weighted by atomic mass is 10.1. The zero-order valence-electron chi connectivity index (χ0n) is 9.41. The first kappa shape index (κ1) is 14.7. The minimum Gasteiger partial charge on any atom is -0.378 e. The van der Waals surface area contributed by atoms with Gasteiger partial charge in [-0.1, -0.05) is 0 Å². The predicted molar refractivity (Wildman–Crippen MR) is 62.4 cm³/mol. The molecule has 1 saturated heterocycles. The molecular weight excluding hydrogens is 216 g/mol. The number of hydrogen-bond donors (Lipinski definition) is 2. The van der Waals surface area contributed by atoms with Crippen molar-refractivity contribution in [1.82, 2.24) is 10.6 Å². The summed E-state index contributed by atoms with van der Waals surface area (Å²) in [5.41, 5.74) is 0. The zero-order valence-corrected chi connectivity index (χ0v) is 10.2. The standard InChI is InChI=1S/C10H20N2O2.ClH/c1-8(12-10(13)7-11-2)6-9-4-3-5-14-9;/h8-9,11H,3-7H2,1-2H3,(H,12,13);1H. The number of carbonyl (C=O) groups is 1. The molecule has 90 valence electrons. The van der Waals surface area contributed by atoms with E-state index in [2.05, 4.69) is 10.6 Å². The molecule has 0 aromatic carbocycles. The third kappa shape index (κ3) is 5.97. The Bertz CT molecular complexity index is 184. The topological polar surface area (TPSA) is 50.4 Å². The largest absolute Gasteiger partial charge is 0.378 e. The van der Waals surface area contributed by atoms with Crippen LogP contribution in [-0.2, 0) is 9.53 Å². The number of amides is 1. The molecule has 0 radical (unpaired) electrons. The van der Waals surface area contributed by atoms with E-state index in [0.29, 0.717) is 12.6 Å². The van der Waals surface area contributed by atoms with Gasteiger partial charge in [-0.05, 0) is 33.2 Å². The van der Waals surface area contributed by atoms with Crippen molar-refractivity contribution in [3.8, 4) is 0 Å². The molecule has 0 saturated carbocycles. The Kier molecular flexibility index (Phi) is 7.74. The predicted octanol–water partition coefficient (Wildman–Crippen LogP) is 0.701. The normalized spacial score (nSPS) is 21.9. The fourth-order valence-electron chi connectivity index (χ4n) is 1.77. The Morgan fingerprint density at radius 1 is 1.60 bits per heavy atom. The van der Waals surface area contributed by atoms with Gasteiger partial charge in [0.25, 0.3) is 0 Å². The van der Waals surface area contributed by atoms with Crippen LogP contribution in [0.4, 0.5) is 0 Å². The summed E-state index contributed by atoms with van der Waals surface area (Å²) in [5, 5.41) is 5.75. The summed E-state index contributed by atoms with van der Waals surface area (Å²) in [4.78, 5) is 11.2. The van der Waals surface area contributed by atoms with Gasteiger partial charge in [0, 0.05) is 12.6 Å². The van der Waals surface area contributed by atoms with Crippen molar-refractivity contribution in [3.63, 3.8) is 0 Å². The highest BCUT2D eigenvalue weighted by Gasteiger charge is 2.18. The van der Waals surface area contributed by atoms with Gasteiger partial charge >= 0.3 is 0 Å². The molecule has 2 atom stereocenters. The third-order valence-corrected chi connectivity index (χ3v) is 2.39. The number of halogens is 1. The van der Waals surface area contributed by atoms with Gasteiger partial charge in [0.1, 0.15) is 0 Å². The Hall–Kier alpha value is -0.320. The number of ether oxygens (including phenoxy) is 1. The second-order valence-corrected chi connectivity index (χ2v) is 3.87. The van der Waals surface area contributed by atoms with E-state index in [0.717, 1.165) is 25.9 Å². The van der Waals surface area contributed by atoms with Gasteiger partial charge in [-0.15, -0.1) is 12.4 Å². The summed E-state index contributed by atoms with van der Waals surface area (Å²) < 4.78 is 5.50. The summed E-state index contributed by atoms with van der Waals surface area (Å²) in [6, 6.07) is 0.207. The third-order valence-electron chi connectivity index (χ3n) is 2.39. The van der Waals surface area contributed by atoms with Crippen molar-refractivity contribution >= 4 is 18.3 Å². The van der Waals surface area contributed by atoms with E-state index < -0.39 is 0 Å². The molecule has 0 aromatic rings. The van der Waals surface area contributed by atoms with Crippen molar-refractivity contribution < 1.29 is 9.53 Å². The highest BCUT2D eigenvalue weighted by molar-refractivity contribution is 5.85. The summed E-state index contributed by atoms with van der Waals surface area (Å²) in [6.45, 7) is 3.28. The first-order valence-corrected chi connectivity index (χ1v) is 5.28. The van der Waals surface area contributed by atoms with E-state index in [1.165, 1.54) is 0 Å². The molecule has 1 aliphatic heterocycles. The van der Waals surface area contributed by atoms with Crippen molar-refractivity contribution in [2.75, 3.05) is 20.2 Å². The SMILES string of the molecule is CNCC(=O)NC(C)CC1CCCO1.Cl. The molecule has 1 amide bonds. The number of nitrogens with one attached hydrogen (secondary N) is 2. The summed E-state index contributed by atoms with van der Waals surface area (Å²) >= 11 is 0. The molecule has 0 aromatic heterocycles. The smallest absolute Gasteiger partial charge is 0.234 e. The number of hydrogen-bond acceptors (Lipinski definition) is 3. The van der Waals surface area contributed by atoms with Crippen LogP contribution < -0.4 is 10.6 Å². The lowest BCUT2D eigenvalue weighted by Crippen LogP contribution is -2.39. The van der Waals surface area contributed by atoms with Gasteiger partial charge in [0.15, 0.2) is 0 Å². The monoisotopic (exact) mass is 236 g/mol. The average molecular weight is 237 g/mol. The van der Waals surface area contributed by atoms with Crippen LogP contribution in [0.1, 0.15) is 26.2 Å². The van der Waals surface area contributed by atoms with E-state index in [1.807, 2.05) is 6.92 Å². The number of likely N-dealkylation sites (N-methyl/N-ethyl adjacent to an activating group) is 1. The van der Waals surface area contributed by atoms with Crippen LogP contribution in [-0.4, -0.2) is 38.3 Å². The van der Waals surface area contributed by atoms with Crippen LogP contribution in [0.15, 0.2) is 0 Å². The average Bonchev–Trinajstić information content (AvgIpc) is 2.56. The van der Waals surface area contributed by atoms with Gasteiger partial charge in [-0.3, -0.25) is 4.79 Å². The Morgan fingerprint density at radius 2 is 2.33 bits per heavy atom. The lowest BCUT2D eigenvalue weighted by molar-refractivity contribution is -0.120. The Balaban J connectivity index is 0.00000196. The second-order valence-electron chi connectivity index (χ2n) is 3.87. The fourth-order valence-corrected chi connectivity index (χ4v) is 1.77. The molecule has 1 heterocycles. The second kappa shape index (κ2) is 7.91. The van der Waals surface area contributed by atoms with E-state index in [9.17, 15) is 4.79 Å². The minimum absolute atomic E-state index is 0. The highest BCUT2D eigenvalue weighted by atomic mass is 35.5. The first-order valence-electron chi connectivity index (χ1n) is 5.28. The number of rotatable bonds is 5. The van der Waals surface area contributed by atoms with Gasteiger partial charge in [-0.2, -0.15) is 0 Å². The van der Waals surface area contributed by atoms with Gasteiger partial charge in [-0.25, -0.2) is 0 Å². The molecule has 1 rings (SSSR count). The van der Waals surface area contributed by atoms with E-state index in [-0.39, 0.29) is 24.4 Å². The summed E-state index contributed by atoms with van der Waals surface area (Å²) in [5.74, 6) is 0.0537. The van der Waals surface area contributed by atoms with Crippen LogP contribution >= 0.6 is 12.4 Å². The molecule has 2 N–H and O–H groups in total. The van der Waals surface area contributed by atoms with E-state index in [4.69, 9.17) is 4.74 Å². The first-order chi connectivity index (χ1) is 6.72. The van der Waals surface area contributed by atoms with Crippen LogP contribution in [0.3, 0.4) is 0 Å². The zero-order chi connectivity index (χ0) is 10.4. The highest BCUT2D eigenvalue weighted by Crippen LogP contribution is 2.16. The van der Waals surface area contributed by atoms with E-state index >= 15 is 0 Å². The van der Waals surface area contributed by atoms with Crippen LogP contribution in [0.2, 0.25) is 0 Å². The fraction of sp³-hybridized carbons (Fsp3) is 0.900. The molecular formula is C10H21ClN2O2. The van der Waals surface area contributed by atoms with Crippen LogP contribution in [0.25, 0.3) is 0 Å². The molecule has 5 heteroatoms. The van der Waals surface area contributed by atoms with Crippen molar-refractivity contribution in [2.45, 2.75) is 38.3 Å². The molecule has 0 aliphatic carbocycles. The summed E-state index contributed by atoms with van der Waals surface area (Å²) in [7, 11) is 1.77. The quantitative estimate of drug-likeness (QED) is 0.739. The molecule has 4 nitrogen and oxygen atoms in total. The maximum Gasteiger partial charge on any atom is 0.234 e. The lowest BCUT2D eigenvalue weighted by Gasteiger charge is -2.17. The van der Waals surface area contributed by atoms with Crippen LogP contribution in [0, 0.1) is 0 Å². The molecule has 0 bridgehead atoms. The molecule has 15 heavy (non-hydrogen) atoms. The molecule has 1 fully saturated rings. The van der Waals surface area contributed by atoms with Crippen molar-refractivity contribution in [3.05, 3.63) is 0 Å². The maximum atomic E-state index is 11.2. The maximum absolute atomic E-state index is 11.2. The van der Waals surface area contributed by atoms with Crippen LogP contribution in [0.5, 0.6) is 0 Å². The molecule has 0 spiro atoms. The van der Waals surface area contributed by atoms with Crippen molar-refractivity contribution in [1.29, 1.82) is 0 Å². The molecule has 1 aliphatic rings. The Morgan fingerprint density at radius 3 is 2.87 bits per heavy atom. The van der Waals surface area contributed by atoms with Crippen molar-refractivity contribution in [2.24, 2.45) is 0 Å². The number of carbonyl (C=O) groups excluding carboxylic acids is 1. The van der Waals surface area contributed by atoms with Gasteiger partial charge in [0.05, 0.1) is 12.6 Å². The van der Waals surface area contributed by atoms with Gasteiger partial charge < -0.3 is 15.4 Å². The van der Waals surface area contributed by atoms with E-state index in [1.54, 1.807) is 7.05 Å². The Labute approximate surface area is 97.5 Å². The van der Waals surface area contributed by atoms with Gasteiger partial charge in [0.2, 0.25) is 5.91 Å². The molecule has 2 unspecified atom stereocenters. The summed E-state index contributed by atoms with van der Waals surface area (Å²) in [6.07, 6.45) is 3.56. The minimum atomic E-state index is 0.